The van der Waals surface area contributed by atoms with Crippen LogP contribution in [0.1, 0.15) is 35.6 Å². The number of fused-ring (bicyclic) bond motifs is 6. The van der Waals surface area contributed by atoms with Gasteiger partial charge < -0.3 is 0 Å². The lowest BCUT2D eigenvalue weighted by Gasteiger charge is -2.19. The van der Waals surface area contributed by atoms with Crippen molar-refractivity contribution in [2.24, 2.45) is 0 Å². The summed E-state index contributed by atoms with van der Waals surface area (Å²) in [5.74, 6) is 0. The Labute approximate surface area is 293 Å². The molecule has 0 radical (unpaired) electrons. The van der Waals surface area contributed by atoms with Crippen LogP contribution in [-0.4, -0.2) is 0 Å². The quantitative estimate of drug-likeness (QED) is 0.144. The van der Waals surface area contributed by atoms with Crippen LogP contribution < -0.4 is 0 Å². The Bertz CT molecular complexity index is 4000. The zero-order valence-electron chi connectivity index (χ0n) is 48.2. The van der Waals surface area contributed by atoms with Crippen LogP contribution in [0, 0.1) is 0 Å². The van der Waals surface area contributed by atoms with Gasteiger partial charge in [0.25, 0.3) is 0 Å². The standard InChI is InChI=1S/C44H28/c1-4-18-34-29(12-1)14-10-25-38(34)44-41-21-7-5-19-39(41)43(40-20-6-8-22-42(40)44)32-16-9-15-31(28-32)35-23-11-24-36-33-17-3-2-13-30(33)26-27-37(35)36/h1-28H/i1D,2D,3D,4D,5D,6D,7D,8D,9D,10D,11D,12D,13D,14D,15D,16D,17D,19D,21D,22D,23D,24D,25D,26D,27D,28D. The third-order valence-corrected chi connectivity index (χ3v) is 7.34. The molecule has 0 bridgehead atoms. The van der Waals surface area contributed by atoms with Crippen molar-refractivity contribution < 1.29 is 35.6 Å². The van der Waals surface area contributed by atoms with Crippen LogP contribution in [0.15, 0.2) is 169 Å². The first-order valence-electron chi connectivity index (χ1n) is 26.2. The molecule has 0 aliphatic rings. The molecule has 0 fully saturated rings. The van der Waals surface area contributed by atoms with E-state index in [9.17, 15) is 13.7 Å². The highest BCUT2D eigenvalue weighted by Gasteiger charge is 2.18. The van der Waals surface area contributed by atoms with Gasteiger partial charge in [-0.1, -0.05) is 163 Å². The van der Waals surface area contributed by atoms with Gasteiger partial charge in [-0.2, -0.15) is 0 Å². The normalized spacial score (nSPS) is 19.9. The van der Waals surface area contributed by atoms with E-state index in [-0.39, 0.29) is 5.39 Å². The molecule has 0 aromatic heterocycles. The molecule has 9 aromatic carbocycles. The van der Waals surface area contributed by atoms with E-state index in [0.717, 1.165) is 12.1 Å². The molecule has 0 saturated carbocycles. The molecule has 9 rings (SSSR count). The van der Waals surface area contributed by atoms with E-state index in [2.05, 4.69) is 0 Å². The first-order valence-corrected chi connectivity index (χ1v) is 13.2. The van der Waals surface area contributed by atoms with Crippen molar-refractivity contribution >= 4 is 53.9 Å². The molecule has 0 unspecified atom stereocenters. The average molecular weight is 583 g/mol. The van der Waals surface area contributed by atoms with Gasteiger partial charge in [0, 0.05) is 0 Å². The maximum absolute atomic E-state index is 9.92. The Hall–Kier alpha value is -5.72. The predicted octanol–water partition coefficient (Wildman–Crippen LogP) is 12.5. The van der Waals surface area contributed by atoms with Crippen LogP contribution >= 0.6 is 0 Å². The first-order chi connectivity index (χ1) is 32.6. The smallest absolute Gasteiger partial charge is 0.0616 e. The van der Waals surface area contributed by atoms with Crippen LogP contribution in [0.3, 0.4) is 0 Å². The van der Waals surface area contributed by atoms with Gasteiger partial charge in [0.1, 0.15) is 0 Å². The van der Waals surface area contributed by atoms with Crippen molar-refractivity contribution in [3.8, 4) is 33.4 Å². The van der Waals surface area contributed by atoms with Gasteiger partial charge in [-0.15, -0.1) is 0 Å². The van der Waals surface area contributed by atoms with Gasteiger partial charge in [-0.25, -0.2) is 0 Å². The Balaban J connectivity index is 1.60. The molecule has 0 nitrogen and oxygen atoms in total. The Morgan fingerprint density at radius 3 is 1.70 bits per heavy atom. The lowest BCUT2D eigenvalue weighted by Crippen LogP contribution is -1.92. The topological polar surface area (TPSA) is 0 Å². The SMILES string of the molecule is [2H]c1cc2c(-c3c4c([2H])c([2H])c([2H])cc4c(-c4c([2H])c([2H])c([2H])c(-c5c([2H])c([2H])c([2H])c6c5c([2H])c([2H])c5c([2H])c([2H])c([2H])c([2H])c56)c4[2H])c4c([2H])c([2H])c([2H])c([2H])c34)c([2H])c([2H])c([2H])c2c([2H])c1[2H]. The molecule has 9 aromatic rings. The number of hydrogen-bond acceptors (Lipinski definition) is 0. The molecular weight excluding hydrogens is 528 g/mol. The van der Waals surface area contributed by atoms with E-state index < -0.39 is 239 Å². The number of rotatable bonds is 3. The van der Waals surface area contributed by atoms with Crippen LogP contribution in [-0.2, 0) is 0 Å². The summed E-state index contributed by atoms with van der Waals surface area (Å²) in [5, 5.41) is -5.11. The molecule has 0 heterocycles. The summed E-state index contributed by atoms with van der Waals surface area (Å²) < 4.78 is 233. The number of hydrogen-bond donors (Lipinski definition) is 0. The van der Waals surface area contributed by atoms with Crippen molar-refractivity contribution in [3.63, 3.8) is 0 Å². The average Bonchev–Trinajstić information content (AvgIpc) is 3.32. The predicted molar refractivity (Wildman–Crippen MR) is 190 cm³/mol. The van der Waals surface area contributed by atoms with Gasteiger partial charge in [0.05, 0.1) is 35.6 Å². The summed E-state index contributed by atoms with van der Waals surface area (Å²) in [5.41, 5.74) is -3.88. The highest BCUT2D eigenvalue weighted by Crippen LogP contribution is 2.46. The first kappa shape index (κ1) is 10.2. The summed E-state index contributed by atoms with van der Waals surface area (Å²) in [6.45, 7) is 0. The maximum atomic E-state index is 9.92. The Morgan fingerprint density at radius 1 is 0.295 bits per heavy atom. The molecule has 0 N–H and O–H groups in total. The highest BCUT2D eigenvalue weighted by atomic mass is 14.2. The van der Waals surface area contributed by atoms with Gasteiger partial charge in [-0.3, -0.25) is 0 Å². The van der Waals surface area contributed by atoms with Crippen LogP contribution in [0.2, 0.25) is 0 Å². The summed E-state index contributed by atoms with van der Waals surface area (Å²) in [6.07, 6.45) is 0. The zero-order valence-corrected chi connectivity index (χ0v) is 22.2. The van der Waals surface area contributed by atoms with Gasteiger partial charge in [-0.05, 0) is 93.3 Å². The van der Waals surface area contributed by atoms with Crippen molar-refractivity contribution in [1.82, 2.24) is 0 Å². The van der Waals surface area contributed by atoms with Crippen molar-refractivity contribution in [1.29, 1.82) is 0 Å². The minimum Gasteiger partial charge on any atom is -0.0616 e. The summed E-state index contributed by atoms with van der Waals surface area (Å²) in [6, 6.07) is -20.0. The fourth-order valence-corrected chi connectivity index (χ4v) is 5.48. The largest absolute Gasteiger partial charge is 0.0636 e. The second kappa shape index (κ2) is 9.93. The minimum absolute atomic E-state index is 0.312. The molecule has 44 heavy (non-hydrogen) atoms. The number of benzene rings is 9. The van der Waals surface area contributed by atoms with Crippen molar-refractivity contribution in [2.75, 3.05) is 0 Å². The minimum atomic E-state index is -1.03. The van der Waals surface area contributed by atoms with E-state index in [4.69, 9.17) is 21.9 Å². The van der Waals surface area contributed by atoms with E-state index in [1.165, 1.54) is 0 Å². The summed E-state index contributed by atoms with van der Waals surface area (Å²) in [7, 11) is 0. The third kappa shape index (κ3) is 3.78. The van der Waals surface area contributed by atoms with Crippen LogP contribution in [0.5, 0.6) is 0 Å². The Morgan fingerprint density at radius 2 is 0.841 bits per heavy atom. The van der Waals surface area contributed by atoms with E-state index in [0.29, 0.717) is 0 Å². The van der Waals surface area contributed by atoms with E-state index in [1.807, 2.05) is 0 Å². The fourth-order valence-electron chi connectivity index (χ4n) is 5.48. The van der Waals surface area contributed by atoms with Crippen LogP contribution in [0.4, 0.5) is 0 Å². The Kier molecular flexibility index (Phi) is 2.30. The molecule has 0 atom stereocenters. The lowest BCUT2D eigenvalue weighted by atomic mass is 9.84. The summed E-state index contributed by atoms with van der Waals surface area (Å²) in [4.78, 5) is 0. The van der Waals surface area contributed by atoms with Crippen LogP contribution in [0.25, 0.3) is 87.2 Å². The monoisotopic (exact) mass is 582 g/mol. The summed E-state index contributed by atoms with van der Waals surface area (Å²) >= 11 is 0. The molecule has 204 valence electrons. The lowest BCUT2D eigenvalue weighted by molar-refractivity contribution is 1.64. The molecule has 0 spiro atoms. The molecular formula is C44H28. The molecule has 0 saturated heterocycles. The zero-order chi connectivity index (χ0) is 51.7. The van der Waals surface area contributed by atoms with Crippen molar-refractivity contribution in [2.45, 2.75) is 0 Å². The van der Waals surface area contributed by atoms with Crippen molar-refractivity contribution in [3.05, 3.63) is 169 Å². The molecule has 0 heteroatoms. The second-order valence-corrected chi connectivity index (χ2v) is 9.65. The molecule has 0 aliphatic heterocycles. The third-order valence-electron chi connectivity index (χ3n) is 7.34. The maximum Gasteiger partial charge on any atom is 0.0636 e. The fraction of sp³-hybridized carbons (Fsp3) is 0. The van der Waals surface area contributed by atoms with Gasteiger partial charge >= 0.3 is 0 Å². The molecule has 0 aliphatic carbocycles. The van der Waals surface area contributed by atoms with E-state index in [1.54, 1.807) is 0 Å². The van der Waals surface area contributed by atoms with Gasteiger partial charge in [0.2, 0.25) is 0 Å². The highest BCUT2D eigenvalue weighted by molar-refractivity contribution is 6.23. The molecule has 0 amide bonds. The van der Waals surface area contributed by atoms with Gasteiger partial charge in [0.15, 0.2) is 0 Å². The van der Waals surface area contributed by atoms with E-state index >= 15 is 0 Å². The second-order valence-electron chi connectivity index (χ2n) is 9.65.